The number of nitrogens with one attached hydrogen (secondary N) is 1. The fraction of sp³-hybridized carbons (Fsp3) is 0.214. The maximum atomic E-state index is 10.6. The van der Waals surface area contributed by atoms with Crippen molar-refractivity contribution in [2.75, 3.05) is 11.9 Å². The molecule has 0 aliphatic heterocycles. The monoisotopic (exact) mass is 245 g/mol. The minimum Gasteiger partial charge on any atom is -0.475 e. The van der Waals surface area contributed by atoms with E-state index in [0.717, 1.165) is 6.42 Å². The number of carbonyl (C=O) groups is 1. The van der Waals surface area contributed by atoms with Crippen LogP contribution < -0.4 is 5.32 Å². The van der Waals surface area contributed by atoms with Gasteiger partial charge < -0.3 is 14.8 Å². The lowest BCUT2D eigenvalue weighted by Gasteiger charge is -2.04. The molecule has 4 heteroatoms. The zero-order valence-electron chi connectivity index (χ0n) is 10.1. The number of aromatic carboxylic acids is 1. The van der Waals surface area contributed by atoms with Crippen molar-refractivity contribution in [3.63, 3.8) is 0 Å². The van der Waals surface area contributed by atoms with Crippen LogP contribution >= 0.6 is 0 Å². The van der Waals surface area contributed by atoms with Crippen molar-refractivity contribution in [3.8, 4) is 0 Å². The lowest BCUT2D eigenvalue weighted by Crippen LogP contribution is -2.04. The summed E-state index contributed by atoms with van der Waals surface area (Å²) < 4.78 is 5.10. The van der Waals surface area contributed by atoms with Crippen LogP contribution in [0.25, 0.3) is 0 Å². The highest BCUT2D eigenvalue weighted by Gasteiger charge is 2.07. The molecule has 1 heterocycles. The van der Waals surface area contributed by atoms with Crippen molar-refractivity contribution < 1.29 is 14.3 Å². The third kappa shape index (κ3) is 3.13. The predicted molar refractivity (Wildman–Crippen MR) is 69.0 cm³/mol. The van der Waals surface area contributed by atoms with Crippen LogP contribution in [-0.2, 0) is 6.42 Å². The Morgan fingerprint density at radius 2 is 2.17 bits per heavy atom. The van der Waals surface area contributed by atoms with Crippen molar-refractivity contribution in [1.82, 2.24) is 0 Å². The lowest BCUT2D eigenvalue weighted by molar-refractivity contribution is 0.0663. The smallest absolute Gasteiger partial charge is 0.371 e. The average Bonchev–Trinajstić information content (AvgIpc) is 2.78. The molecule has 18 heavy (non-hydrogen) atoms. The first kappa shape index (κ1) is 12.2. The summed E-state index contributed by atoms with van der Waals surface area (Å²) >= 11 is 0. The van der Waals surface area contributed by atoms with Crippen molar-refractivity contribution in [1.29, 1.82) is 0 Å². The molecule has 0 saturated carbocycles. The Kier molecular flexibility index (Phi) is 3.67. The molecule has 2 aromatic rings. The minimum absolute atomic E-state index is 0.0481. The van der Waals surface area contributed by atoms with E-state index in [1.807, 2.05) is 6.07 Å². The second kappa shape index (κ2) is 5.40. The number of furan rings is 1. The number of hydrogen-bond donors (Lipinski definition) is 2. The Balaban J connectivity index is 1.86. The highest BCUT2D eigenvalue weighted by atomic mass is 16.4. The molecule has 4 nitrogen and oxygen atoms in total. The lowest BCUT2D eigenvalue weighted by atomic mass is 10.1. The van der Waals surface area contributed by atoms with Crippen molar-refractivity contribution in [2.24, 2.45) is 0 Å². The van der Waals surface area contributed by atoms with Crippen LogP contribution in [0.2, 0.25) is 0 Å². The van der Waals surface area contributed by atoms with E-state index in [9.17, 15) is 4.79 Å². The first-order chi connectivity index (χ1) is 8.65. The van der Waals surface area contributed by atoms with Gasteiger partial charge in [-0.25, -0.2) is 4.79 Å². The Morgan fingerprint density at radius 3 is 2.83 bits per heavy atom. The molecule has 0 aliphatic rings. The molecule has 0 atom stereocenters. The Morgan fingerprint density at radius 1 is 1.33 bits per heavy atom. The van der Waals surface area contributed by atoms with Gasteiger partial charge in [-0.05, 0) is 25.0 Å². The molecule has 0 unspecified atom stereocenters. The molecule has 1 aromatic heterocycles. The maximum Gasteiger partial charge on any atom is 0.371 e. The Bertz CT molecular complexity index is 545. The summed E-state index contributed by atoms with van der Waals surface area (Å²) in [5.41, 5.74) is 2.48. The van der Waals surface area contributed by atoms with E-state index in [-0.39, 0.29) is 5.76 Å². The molecule has 2 rings (SSSR count). The fourth-order valence-electron chi connectivity index (χ4n) is 1.75. The number of carboxylic acids is 1. The van der Waals surface area contributed by atoms with Gasteiger partial charge in [-0.2, -0.15) is 0 Å². The third-order valence-electron chi connectivity index (χ3n) is 2.61. The summed E-state index contributed by atoms with van der Waals surface area (Å²) in [7, 11) is 0. The Labute approximate surface area is 105 Å². The van der Waals surface area contributed by atoms with Crippen molar-refractivity contribution in [2.45, 2.75) is 13.3 Å². The van der Waals surface area contributed by atoms with Gasteiger partial charge in [0.1, 0.15) is 0 Å². The van der Waals surface area contributed by atoms with Crippen LogP contribution in [0.1, 0.15) is 21.7 Å². The molecule has 94 valence electrons. The standard InChI is InChI=1S/C14H15NO3/c1-10-3-2-4-11(9-10)7-8-15-13-6-5-12(18-13)14(16)17/h2-6,9,15H,7-8H2,1H3,(H,16,17). The second-order valence-corrected chi connectivity index (χ2v) is 4.13. The first-order valence-corrected chi connectivity index (χ1v) is 5.78. The van der Waals surface area contributed by atoms with Crippen LogP contribution in [0.5, 0.6) is 0 Å². The van der Waals surface area contributed by atoms with Gasteiger partial charge in [0.25, 0.3) is 0 Å². The van der Waals surface area contributed by atoms with Gasteiger partial charge in [0, 0.05) is 12.6 Å². The van der Waals surface area contributed by atoms with E-state index in [4.69, 9.17) is 9.52 Å². The van der Waals surface area contributed by atoms with Crippen molar-refractivity contribution in [3.05, 3.63) is 53.3 Å². The van der Waals surface area contributed by atoms with Gasteiger partial charge in [0.2, 0.25) is 5.76 Å². The molecule has 0 fully saturated rings. The summed E-state index contributed by atoms with van der Waals surface area (Å²) in [6.07, 6.45) is 0.866. The molecule has 0 spiro atoms. The average molecular weight is 245 g/mol. The fourth-order valence-corrected chi connectivity index (χ4v) is 1.75. The van der Waals surface area contributed by atoms with Gasteiger partial charge in [-0.1, -0.05) is 29.8 Å². The van der Waals surface area contributed by atoms with E-state index in [0.29, 0.717) is 12.4 Å². The maximum absolute atomic E-state index is 10.6. The molecule has 1 aromatic carbocycles. The van der Waals surface area contributed by atoms with E-state index < -0.39 is 5.97 Å². The zero-order chi connectivity index (χ0) is 13.0. The largest absolute Gasteiger partial charge is 0.475 e. The van der Waals surface area contributed by atoms with E-state index in [2.05, 4.69) is 30.4 Å². The zero-order valence-corrected chi connectivity index (χ0v) is 10.1. The summed E-state index contributed by atoms with van der Waals surface area (Å²) in [5, 5.41) is 11.8. The van der Waals surface area contributed by atoms with E-state index in [1.54, 1.807) is 6.07 Å². The normalized spacial score (nSPS) is 10.3. The van der Waals surface area contributed by atoms with Crippen LogP contribution in [0, 0.1) is 6.92 Å². The van der Waals surface area contributed by atoms with Crippen LogP contribution in [-0.4, -0.2) is 17.6 Å². The highest BCUT2D eigenvalue weighted by Crippen LogP contribution is 2.13. The Hall–Kier alpha value is -2.23. The number of carboxylic acid groups (broad SMARTS) is 1. The summed E-state index contributed by atoms with van der Waals surface area (Å²) in [5.74, 6) is -0.616. The molecule has 0 radical (unpaired) electrons. The highest BCUT2D eigenvalue weighted by molar-refractivity contribution is 5.84. The molecule has 2 N–H and O–H groups in total. The number of rotatable bonds is 5. The molecule has 0 saturated heterocycles. The van der Waals surface area contributed by atoms with Crippen LogP contribution in [0.15, 0.2) is 40.8 Å². The SMILES string of the molecule is Cc1cccc(CCNc2ccc(C(=O)O)o2)c1. The topological polar surface area (TPSA) is 62.5 Å². The van der Waals surface area contributed by atoms with Gasteiger partial charge in [0.15, 0.2) is 5.88 Å². The second-order valence-electron chi connectivity index (χ2n) is 4.13. The third-order valence-corrected chi connectivity index (χ3v) is 2.61. The molecular weight excluding hydrogens is 230 g/mol. The minimum atomic E-state index is -1.05. The number of hydrogen-bond acceptors (Lipinski definition) is 3. The van der Waals surface area contributed by atoms with Gasteiger partial charge in [-0.3, -0.25) is 0 Å². The van der Waals surface area contributed by atoms with Gasteiger partial charge in [0.05, 0.1) is 0 Å². The molecule has 0 bridgehead atoms. The predicted octanol–water partition coefficient (Wildman–Crippen LogP) is 2.94. The number of benzene rings is 1. The number of anilines is 1. The van der Waals surface area contributed by atoms with Crippen molar-refractivity contribution >= 4 is 11.9 Å². The summed E-state index contributed by atoms with van der Waals surface area (Å²) in [6, 6.07) is 11.4. The molecular formula is C14H15NO3. The van der Waals surface area contributed by atoms with Crippen LogP contribution in [0.3, 0.4) is 0 Å². The molecule has 0 amide bonds. The quantitative estimate of drug-likeness (QED) is 0.850. The number of aryl methyl sites for hydroxylation is 1. The van der Waals surface area contributed by atoms with Crippen LogP contribution in [0.4, 0.5) is 5.88 Å². The summed E-state index contributed by atoms with van der Waals surface area (Å²) in [4.78, 5) is 10.6. The van der Waals surface area contributed by atoms with Gasteiger partial charge >= 0.3 is 5.97 Å². The van der Waals surface area contributed by atoms with E-state index in [1.165, 1.54) is 17.2 Å². The van der Waals surface area contributed by atoms with E-state index >= 15 is 0 Å². The summed E-state index contributed by atoms with van der Waals surface area (Å²) in [6.45, 7) is 2.76. The molecule has 0 aliphatic carbocycles. The van der Waals surface area contributed by atoms with Gasteiger partial charge in [-0.15, -0.1) is 0 Å². The first-order valence-electron chi connectivity index (χ1n) is 5.78.